The minimum atomic E-state index is -2.34. The molecule has 3 atom stereocenters. The molecule has 0 aliphatic carbocycles. The van der Waals surface area contributed by atoms with Crippen molar-refractivity contribution in [3.8, 4) is 0 Å². The van der Waals surface area contributed by atoms with E-state index < -0.39 is 25.2 Å². The molecule has 0 aromatic heterocycles. The maximum atomic E-state index is 6.99. The van der Waals surface area contributed by atoms with Crippen molar-refractivity contribution < 1.29 is 36.7 Å². The maximum Gasteiger partial charge on any atom is 0.314 e. The van der Waals surface area contributed by atoms with E-state index in [-0.39, 0.29) is 0 Å². The first kappa shape index (κ1) is 28.9. The molecule has 0 saturated carbocycles. The number of hydrogen-bond donors (Lipinski definition) is 0. The van der Waals surface area contributed by atoms with Crippen molar-refractivity contribution in [2.24, 2.45) is 0 Å². The summed E-state index contributed by atoms with van der Waals surface area (Å²) in [6.07, 6.45) is 4.02. The zero-order valence-corrected chi connectivity index (χ0v) is 25.1. The number of rotatable bonds is 22. The lowest BCUT2D eigenvalue weighted by Crippen LogP contribution is -2.54. The van der Waals surface area contributed by atoms with Crippen LogP contribution in [-0.4, -0.2) is 103 Å². The van der Waals surface area contributed by atoms with Crippen molar-refractivity contribution >= 4 is 25.2 Å². The normalized spacial score (nSPS) is 25.9. The van der Waals surface area contributed by atoms with E-state index >= 15 is 0 Å². The quantitative estimate of drug-likeness (QED) is 0.117. The Hall–Kier alpha value is 0.331. The summed E-state index contributed by atoms with van der Waals surface area (Å²) in [5.41, 5.74) is 0. The second-order valence-electron chi connectivity index (χ2n) is 11.3. The van der Waals surface area contributed by atoms with Crippen LogP contribution in [0.5, 0.6) is 0 Å². The van der Waals surface area contributed by atoms with E-state index in [1.165, 1.54) is 0 Å². The zero-order chi connectivity index (χ0) is 24.5. The fourth-order valence-electron chi connectivity index (χ4n) is 4.23. The molecule has 200 valence electrons. The van der Waals surface area contributed by atoms with Gasteiger partial charge in [0.2, 0.25) is 0 Å². The largest absolute Gasteiger partial charge is 0.436 e. The van der Waals surface area contributed by atoms with Gasteiger partial charge in [-0.3, -0.25) is 0 Å². The summed E-state index contributed by atoms with van der Waals surface area (Å²) >= 11 is 0. The van der Waals surface area contributed by atoms with Crippen LogP contribution in [0.1, 0.15) is 19.3 Å². The summed E-state index contributed by atoms with van der Waals surface area (Å²) in [4.78, 5) is 0. The lowest BCUT2D eigenvalue weighted by molar-refractivity contribution is 0.115. The SMILES string of the molecule is C[Si](C)(CCCOCC1CO1)O[Si](C)(CCCOCC1CO1)O[Si](C)(C)CCCOCC1CO1. The van der Waals surface area contributed by atoms with Crippen LogP contribution in [0.3, 0.4) is 0 Å². The van der Waals surface area contributed by atoms with Crippen molar-refractivity contribution in [3.63, 3.8) is 0 Å². The molecule has 0 spiro atoms. The number of ether oxygens (including phenoxy) is 6. The van der Waals surface area contributed by atoms with Crippen LogP contribution in [0.4, 0.5) is 0 Å². The van der Waals surface area contributed by atoms with Crippen LogP contribution in [0.15, 0.2) is 0 Å². The average molecular weight is 537 g/mol. The van der Waals surface area contributed by atoms with Gasteiger partial charge in [-0.2, -0.15) is 0 Å². The summed E-state index contributed by atoms with van der Waals surface area (Å²) in [5, 5.41) is 0. The van der Waals surface area contributed by atoms with Gasteiger partial charge in [0.25, 0.3) is 0 Å². The molecule has 0 radical (unpaired) electrons. The molecule has 8 nitrogen and oxygen atoms in total. The first-order chi connectivity index (χ1) is 16.1. The fourth-order valence-corrected chi connectivity index (χ4v) is 18.5. The first-order valence-electron chi connectivity index (χ1n) is 13.1. The van der Waals surface area contributed by atoms with Gasteiger partial charge in [0.15, 0.2) is 16.6 Å². The Morgan fingerprint density at radius 2 is 0.882 bits per heavy atom. The molecule has 3 saturated heterocycles. The Morgan fingerprint density at radius 3 is 1.21 bits per heavy atom. The predicted octanol–water partition coefficient (Wildman–Crippen LogP) is 3.92. The molecule has 0 aromatic rings. The topological polar surface area (TPSA) is 83.7 Å². The zero-order valence-electron chi connectivity index (χ0n) is 22.1. The monoisotopic (exact) mass is 536 g/mol. The third kappa shape index (κ3) is 13.6. The molecule has 3 heterocycles. The smallest absolute Gasteiger partial charge is 0.314 e. The maximum absolute atomic E-state index is 6.99. The molecule has 3 fully saturated rings. The van der Waals surface area contributed by atoms with Gasteiger partial charge in [-0.25, -0.2) is 0 Å². The van der Waals surface area contributed by atoms with Gasteiger partial charge < -0.3 is 36.7 Å². The van der Waals surface area contributed by atoms with Crippen molar-refractivity contribution in [2.75, 3.05) is 59.5 Å². The van der Waals surface area contributed by atoms with Gasteiger partial charge in [-0.15, -0.1) is 0 Å². The molecule has 0 aromatic carbocycles. The predicted molar refractivity (Wildman–Crippen MR) is 139 cm³/mol. The highest BCUT2D eigenvalue weighted by Crippen LogP contribution is 2.30. The molecule has 11 heteroatoms. The van der Waals surface area contributed by atoms with Crippen molar-refractivity contribution in [2.45, 2.75) is 88.4 Å². The summed E-state index contributed by atoms with van der Waals surface area (Å²) in [7, 11) is -6.10. The third-order valence-corrected chi connectivity index (χ3v) is 18.4. The van der Waals surface area contributed by atoms with Gasteiger partial charge in [-0.05, 0) is 70.1 Å². The van der Waals surface area contributed by atoms with Gasteiger partial charge in [0.05, 0.1) is 39.6 Å². The van der Waals surface area contributed by atoms with Crippen molar-refractivity contribution in [3.05, 3.63) is 0 Å². The van der Waals surface area contributed by atoms with Crippen LogP contribution in [0, 0.1) is 0 Å². The van der Waals surface area contributed by atoms with Crippen molar-refractivity contribution in [1.29, 1.82) is 0 Å². The van der Waals surface area contributed by atoms with E-state index in [1.54, 1.807) is 0 Å². The highest BCUT2D eigenvalue weighted by atomic mass is 28.5. The van der Waals surface area contributed by atoms with E-state index in [2.05, 4.69) is 32.7 Å². The second-order valence-corrected chi connectivity index (χ2v) is 23.7. The second kappa shape index (κ2) is 13.8. The van der Waals surface area contributed by atoms with E-state index in [0.29, 0.717) is 24.9 Å². The van der Waals surface area contributed by atoms with E-state index in [9.17, 15) is 0 Å². The van der Waals surface area contributed by atoms with Crippen LogP contribution in [-0.2, 0) is 36.7 Å². The minimum Gasteiger partial charge on any atom is -0.436 e. The Balaban J connectivity index is 1.42. The molecule has 3 rings (SSSR count). The molecule has 0 N–H and O–H groups in total. The van der Waals surface area contributed by atoms with Crippen molar-refractivity contribution in [1.82, 2.24) is 0 Å². The number of hydrogen-bond acceptors (Lipinski definition) is 8. The molecule has 3 aliphatic rings. The van der Waals surface area contributed by atoms with Gasteiger partial charge in [0.1, 0.15) is 18.3 Å². The van der Waals surface area contributed by atoms with Gasteiger partial charge in [-0.1, -0.05) is 0 Å². The van der Waals surface area contributed by atoms with Gasteiger partial charge >= 0.3 is 8.56 Å². The lowest BCUT2D eigenvalue weighted by Gasteiger charge is -2.41. The molecule has 0 bridgehead atoms. The number of epoxide rings is 3. The highest BCUT2D eigenvalue weighted by Gasteiger charge is 2.42. The van der Waals surface area contributed by atoms with Crippen LogP contribution < -0.4 is 0 Å². The molecule has 0 amide bonds. The Morgan fingerprint density at radius 1 is 0.559 bits per heavy atom. The molecular weight excluding hydrogens is 489 g/mol. The van der Waals surface area contributed by atoms with Crippen LogP contribution >= 0.6 is 0 Å². The Kier molecular flexibility index (Phi) is 11.7. The highest BCUT2D eigenvalue weighted by molar-refractivity contribution is 6.88. The summed E-state index contributed by atoms with van der Waals surface area (Å²) in [5.74, 6) is 0. The first-order valence-corrected chi connectivity index (χ1v) is 21.9. The minimum absolute atomic E-state index is 0.316. The van der Waals surface area contributed by atoms with Crippen LogP contribution in [0.2, 0.25) is 50.9 Å². The summed E-state index contributed by atoms with van der Waals surface area (Å²) in [6, 6.07) is 3.13. The standard InChI is InChI=1S/C23H48O8Si3/c1-32(2,12-6-9-24-15-21-18-27-21)30-34(5,14-8-11-26-17-23-20-29-23)31-33(3,4)13-7-10-25-16-22-19-28-22/h21-23H,6-20H2,1-5H3. The Bertz CT molecular complexity index is 547. The van der Waals surface area contributed by atoms with Gasteiger partial charge in [0, 0.05) is 19.8 Å². The molecular formula is C23H48O8Si3. The van der Waals surface area contributed by atoms with E-state index in [4.69, 9.17) is 36.7 Å². The Labute approximate surface area is 209 Å². The molecule has 3 aliphatic heterocycles. The summed E-state index contributed by atoms with van der Waals surface area (Å²) < 4.78 is 46.9. The van der Waals surface area contributed by atoms with E-state index in [0.717, 1.165) is 90.2 Å². The van der Waals surface area contributed by atoms with E-state index in [1.807, 2.05) is 0 Å². The third-order valence-electron chi connectivity index (χ3n) is 6.16. The average Bonchev–Trinajstić information content (AvgIpc) is 3.59. The molecule has 3 unspecified atom stereocenters. The lowest BCUT2D eigenvalue weighted by atomic mass is 10.5. The van der Waals surface area contributed by atoms with Crippen LogP contribution in [0.25, 0.3) is 0 Å². The fraction of sp³-hybridized carbons (Fsp3) is 1.00. The molecule has 34 heavy (non-hydrogen) atoms. The summed E-state index contributed by atoms with van der Waals surface area (Å²) in [6.45, 7) is 18.6.